The van der Waals surface area contributed by atoms with Gasteiger partial charge >= 0.3 is 5.97 Å². The Balaban J connectivity index is 2.54. The highest BCUT2D eigenvalue weighted by Crippen LogP contribution is 2.33. The van der Waals surface area contributed by atoms with E-state index in [0.717, 1.165) is 6.07 Å². The number of carbonyl (C=O) groups excluding carboxylic acids is 1. The molecule has 0 radical (unpaired) electrons. The molecule has 0 spiro atoms. The Hall–Kier alpha value is -2.70. The Morgan fingerprint density at radius 1 is 1.55 bits per heavy atom. The van der Waals surface area contributed by atoms with Crippen LogP contribution in [-0.2, 0) is 4.79 Å². The van der Waals surface area contributed by atoms with Crippen LogP contribution in [0.15, 0.2) is 30.9 Å². The highest BCUT2D eigenvalue weighted by Gasteiger charge is 2.34. The Bertz CT molecular complexity index is 611. The lowest BCUT2D eigenvalue weighted by Gasteiger charge is -2.18. The van der Waals surface area contributed by atoms with Gasteiger partial charge in [-0.2, -0.15) is 0 Å². The second kappa shape index (κ2) is 5.12. The number of nitro benzene ring substituents is 1. The van der Waals surface area contributed by atoms with Gasteiger partial charge in [0, 0.05) is 24.9 Å². The number of carboxylic acid groups (broad SMARTS) is 1. The van der Waals surface area contributed by atoms with E-state index in [1.165, 1.54) is 17.0 Å². The van der Waals surface area contributed by atoms with Gasteiger partial charge in [0.1, 0.15) is 0 Å². The number of benzene rings is 1. The van der Waals surface area contributed by atoms with Gasteiger partial charge in [-0.25, -0.2) is 4.79 Å². The minimum atomic E-state index is -1.43. The second-order valence-corrected chi connectivity index (χ2v) is 4.44. The van der Waals surface area contributed by atoms with Crippen molar-refractivity contribution in [2.75, 3.05) is 11.4 Å². The molecule has 7 heteroatoms. The van der Waals surface area contributed by atoms with Crippen LogP contribution in [0.25, 0.3) is 0 Å². The zero-order valence-electron chi connectivity index (χ0n) is 10.5. The van der Waals surface area contributed by atoms with Gasteiger partial charge in [0.05, 0.1) is 10.6 Å². The number of hydrogen-bond acceptors (Lipinski definition) is 4. The Kier molecular flexibility index (Phi) is 3.51. The van der Waals surface area contributed by atoms with Gasteiger partial charge in [-0.15, -0.1) is 6.58 Å². The molecule has 1 aromatic rings. The third kappa shape index (κ3) is 2.25. The minimum Gasteiger partial charge on any atom is -0.477 e. The molecule has 20 heavy (non-hydrogen) atoms. The molecular formula is C13H12N2O5. The van der Waals surface area contributed by atoms with Crippen molar-refractivity contribution in [3.8, 4) is 0 Å². The molecule has 1 heterocycles. The molecule has 1 unspecified atom stereocenters. The number of nitro groups is 1. The van der Waals surface area contributed by atoms with Crippen LogP contribution < -0.4 is 4.90 Å². The summed E-state index contributed by atoms with van der Waals surface area (Å²) in [6, 6.07) is 3.88. The standard InChI is InChI=1S/C13H12N2O5/c1-2-8-6-11(16)14(7-8)9-4-3-5-10(15(19)20)12(9)13(17)18/h2-5,8H,1,6-7H2,(H,17,18). The topological polar surface area (TPSA) is 101 Å². The number of nitrogens with zero attached hydrogens (tertiary/aromatic N) is 2. The second-order valence-electron chi connectivity index (χ2n) is 4.44. The highest BCUT2D eigenvalue weighted by molar-refractivity contribution is 6.05. The van der Waals surface area contributed by atoms with Gasteiger partial charge in [-0.3, -0.25) is 14.9 Å². The highest BCUT2D eigenvalue weighted by atomic mass is 16.6. The van der Waals surface area contributed by atoms with Crippen LogP contribution in [0.4, 0.5) is 11.4 Å². The number of carboxylic acids is 1. The number of aromatic carboxylic acids is 1. The smallest absolute Gasteiger partial charge is 0.344 e. The first-order valence-electron chi connectivity index (χ1n) is 5.89. The fourth-order valence-corrected chi connectivity index (χ4v) is 2.25. The molecule has 104 valence electrons. The van der Waals surface area contributed by atoms with E-state index in [9.17, 15) is 24.8 Å². The van der Waals surface area contributed by atoms with Crippen molar-refractivity contribution in [2.24, 2.45) is 5.92 Å². The first-order chi connectivity index (χ1) is 9.45. The van der Waals surface area contributed by atoms with E-state index in [2.05, 4.69) is 6.58 Å². The van der Waals surface area contributed by atoms with Crippen molar-refractivity contribution in [3.05, 3.63) is 46.5 Å². The van der Waals surface area contributed by atoms with E-state index < -0.39 is 22.1 Å². The zero-order valence-corrected chi connectivity index (χ0v) is 10.5. The monoisotopic (exact) mass is 276 g/mol. The van der Waals surface area contributed by atoms with Gasteiger partial charge in [0.2, 0.25) is 5.91 Å². The molecule has 1 saturated heterocycles. The average molecular weight is 276 g/mol. The maximum Gasteiger partial charge on any atom is 0.344 e. The normalized spacial score (nSPS) is 18.1. The number of carbonyl (C=O) groups is 2. The van der Waals surface area contributed by atoms with Crippen molar-refractivity contribution in [3.63, 3.8) is 0 Å². The summed E-state index contributed by atoms with van der Waals surface area (Å²) in [6.07, 6.45) is 1.85. The van der Waals surface area contributed by atoms with Crippen LogP contribution in [0.3, 0.4) is 0 Å². The van der Waals surface area contributed by atoms with Gasteiger partial charge < -0.3 is 10.0 Å². The van der Waals surface area contributed by atoms with Gasteiger partial charge in [-0.1, -0.05) is 12.1 Å². The molecule has 2 rings (SSSR count). The molecule has 1 aromatic carbocycles. The zero-order chi connectivity index (χ0) is 14.9. The molecule has 1 aliphatic heterocycles. The van der Waals surface area contributed by atoms with Crippen molar-refractivity contribution in [1.82, 2.24) is 0 Å². The summed E-state index contributed by atoms with van der Waals surface area (Å²) in [5, 5.41) is 20.1. The van der Waals surface area contributed by atoms with Gasteiger partial charge in [0.15, 0.2) is 5.56 Å². The predicted molar refractivity (Wildman–Crippen MR) is 70.7 cm³/mol. The lowest BCUT2D eigenvalue weighted by atomic mass is 10.1. The maximum absolute atomic E-state index is 11.9. The number of hydrogen-bond donors (Lipinski definition) is 1. The fraction of sp³-hybridized carbons (Fsp3) is 0.231. The van der Waals surface area contributed by atoms with Crippen molar-refractivity contribution >= 4 is 23.3 Å². The third-order valence-electron chi connectivity index (χ3n) is 3.21. The molecule has 0 aliphatic carbocycles. The molecule has 1 aliphatic rings. The Labute approximate surface area is 114 Å². The first kappa shape index (κ1) is 13.7. The fourth-order valence-electron chi connectivity index (χ4n) is 2.25. The largest absolute Gasteiger partial charge is 0.477 e. The molecule has 7 nitrogen and oxygen atoms in total. The van der Waals surface area contributed by atoms with Gasteiger partial charge in [0.25, 0.3) is 5.69 Å². The lowest BCUT2D eigenvalue weighted by Crippen LogP contribution is -2.26. The summed E-state index contributed by atoms with van der Waals surface area (Å²) in [5.41, 5.74) is -0.929. The predicted octanol–water partition coefficient (Wildman–Crippen LogP) is 1.83. The minimum absolute atomic E-state index is 0.0565. The average Bonchev–Trinajstić information content (AvgIpc) is 2.78. The summed E-state index contributed by atoms with van der Waals surface area (Å²) in [4.78, 5) is 34.6. The van der Waals surface area contributed by atoms with Gasteiger partial charge in [-0.05, 0) is 6.07 Å². The van der Waals surface area contributed by atoms with Crippen molar-refractivity contribution < 1.29 is 19.6 Å². The summed E-state index contributed by atoms with van der Waals surface area (Å²) < 4.78 is 0. The van der Waals surface area contributed by atoms with Crippen molar-refractivity contribution in [2.45, 2.75) is 6.42 Å². The van der Waals surface area contributed by atoms with E-state index in [0.29, 0.717) is 0 Å². The molecule has 1 amide bonds. The third-order valence-corrected chi connectivity index (χ3v) is 3.21. The molecule has 0 bridgehead atoms. The lowest BCUT2D eigenvalue weighted by molar-refractivity contribution is -0.385. The van der Waals surface area contributed by atoms with E-state index >= 15 is 0 Å². The molecule has 0 saturated carbocycles. The summed E-state index contributed by atoms with van der Waals surface area (Å²) in [6.45, 7) is 3.89. The van der Waals surface area contributed by atoms with Crippen LogP contribution >= 0.6 is 0 Å². The van der Waals surface area contributed by atoms with Crippen LogP contribution in [0.5, 0.6) is 0 Å². The molecule has 1 N–H and O–H groups in total. The molecule has 1 atom stereocenters. The SMILES string of the molecule is C=CC1CC(=O)N(c2cccc([N+](=O)[O-])c2C(=O)O)C1. The van der Waals surface area contributed by atoms with Crippen LogP contribution in [0, 0.1) is 16.0 Å². The molecule has 1 fully saturated rings. The quantitative estimate of drug-likeness (QED) is 0.513. The van der Waals surface area contributed by atoms with E-state index in [1.54, 1.807) is 6.08 Å². The van der Waals surface area contributed by atoms with Crippen LogP contribution in [0.1, 0.15) is 16.8 Å². The number of anilines is 1. The molecular weight excluding hydrogens is 264 g/mol. The summed E-state index contributed by atoms with van der Waals surface area (Å²) in [5.74, 6) is -1.77. The Morgan fingerprint density at radius 2 is 2.25 bits per heavy atom. The van der Waals surface area contributed by atoms with Crippen LogP contribution in [-0.4, -0.2) is 28.5 Å². The first-order valence-corrected chi connectivity index (χ1v) is 5.89. The number of amides is 1. The van der Waals surface area contributed by atoms with E-state index in [1.807, 2.05) is 0 Å². The van der Waals surface area contributed by atoms with E-state index in [4.69, 9.17) is 0 Å². The summed E-state index contributed by atoms with van der Waals surface area (Å²) in [7, 11) is 0. The maximum atomic E-state index is 11.9. The Morgan fingerprint density at radius 3 is 2.75 bits per heavy atom. The van der Waals surface area contributed by atoms with Crippen LogP contribution in [0.2, 0.25) is 0 Å². The number of rotatable bonds is 4. The van der Waals surface area contributed by atoms with E-state index in [-0.39, 0.29) is 30.5 Å². The molecule has 0 aromatic heterocycles. The summed E-state index contributed by atoms with van der Waals surface area (Å²) >= 11 is 0. The van der Waals surface area contributed by atoms with Crippen molar-refractivity contribution in [1.29, 1.82) is 0 Å².